The topological polar surface area (TPSA) is 121 Å². The van der Waals surface area contributed by atoms with Crippen molar-refractivity contribution in [2.45, 2.75) is 18.9 Å². The molecule has 0 spiro atoms. The number of aromatic nitrogens is 1. The number of nitrogens with one attached hydrogen (secondary N) is 2. The highest BCUT2D eigenvalue weighted by Gasteiger charge is 2.19. The number of sulfonamides is 1. The molecule has 4 rings (SSSR count). The van der Waals surface area contributed by atoms with E-state index in [0.29, 0.717) is 41.4 Å². The highest BCUT2D eigenvalue weighted by molar-refractivity contribution is 7.88. The second kappa shape index (κ2) is 10.6. The van der Waals surface area contributed by atoms with E-state index in [0.717, 1.165) is 28.3 Å². The Balaban J connectivity index is 1.63. The predicted octanol–water partition coefficient (Wildman–Crippen LogP) is 5.03. The van der Waals surface area contributed by atoms with Gasteiger partial charge in [0.1, 0.15) is 0 Å². The summed E-state index contributed by atoms with van der Waals surface area (Å²) in [6, 6.07) is 22.5. The average molecular weight is 511 g/mol. The third-order valence-corrected chi connectivity index (χ3v) is 6.61. The van der Waals surface area contributed by atoms with Gasteiger partial charge in [0.2, 0.25) is 10.0 Å². The van der Waals surface area contributed by atoms with Gasteiger partial charge in [-0.25, -0.2) is 18.1 Å². The third-order valence-electron chi connectivity index (χ3n) is 5.64. The molecule has 1 atom stereocenters. The van der Waals surface area contributed by atoms with Crippen molar-refractivity contribution in [1.82, 2.24) is 9.71 Å². The SMILES string of the molecule is CS(=O)(=O)NCCCC(N)c1ccc(N=C(c2ccccc2)c2c(O)[nH]c3cc(Cl)ccc23)cc1. The summed E-state index contributed by atoms with van der Waals surface area (Å²) in [5.41, 5.74) is 10.8. The Kier molecular flexibility index (Phi) is 7.57. The lowest BCUT2D eigenvalue weighted by Crippen LogP contribution is -2.24. The van der Waals surface area contributed by atoms with E-state index >= 15 is 0 Å². The van der Waals surface area contributed by atoms with Gasteiger partial charge in [0, 0.05) is 28.6 Å². The van der Waals surface area contributed by atoms with Crippen molar-refractivity contribution in [3.05, 3.63) is 94.5 Å². The van der Waals surface area contributed by atoms with E-state index in [9.17, 15) is 13.5 Å². The number of hydrogen-bond donors (Lipinski definition) is 4. The number of nitrogens with two attached hydrogens (primary N) is 1. The zero-order valence-corrected chi connectivity index (χ0v) is 20.8. The number of fused-ring (bicyclic) bond motifs is 1. The zero-order chi connectivity index (χ0) is 25.0. The van der Waals surface area contributed by atoms with Crippen LogP contribution in [-0.2, 0) is 10.0 Å². The van der Waals surface area contributed by atoms with E-state index in [1.807, 2.05) is 60.7 Å². The molecule has 0 amide bonds. The monoisotopic (exact) mass is 510 g/mol. The van der Waals surface area contributed by atoms with Gasteiger partial charge in [-0.1, -0.05) is 60.1 Å². The quantitative estimate of drug-likeness (QED) is 0.186. The highest BCUT2D eigenvalue weighted by atomic mass is 35.5. The molecule has 1 unspecified atom stereocenters. The lowest BCUT2D eigenvalue weighted by atomic mass is 10.0. The van der Waals surface area contributed by atoms with Crippen molar-refractivity contribution in [1.29, 1.82) is 0 Å². The van der Waals surface area contributed by atoms with Crippen LogP contribution in [0, 0.1) is 0 Å². The number of aromatic amines is 1. The van der Waals surface area contributed by atoms with Gasteiger partial charge in [0.05, 0.1) is 28.7 Å². The maximum atomic E-state index is 11.2. The Bertz CT molecular complexity index is 1450. The minimum atomic E-state index is -3.20. The molecule has 7 nitrogen and oxygen atoms in total. The lowest BCUT2D eigenvalue weighted by Gasteiger charge is -2.13. The molecule has 35 heavy (non-hydrogen) atoms. The summed E-state index contributed by atoms with van der Waals surface area (Å²) in [6.07, 6.45) is 2.42. The first-order chi connectivity index (χ1) is 16.7. The molecule has 0 saturated heterocycles. The Morgan fingerprint density at radius 2 is 1.83 bits per heavy atom. The first kappa shape index (κ1) is 24.9. The minimum Gasteiger partial charge on any atom is -0.494 e. The Labute approximate surface area is 209 Å². The molecule has 1 aromatic heterocycles. The summed E-state index contributed by atoms with van der Waals surface area (Å²) in [4.78, 5) is 7.89. The number of halogens is 1. The van der Waals surface area contributed by atoms with Crippen molar-refractivity contribution in [3.8, 4) is 5.88 Å². The van der Waals surface area contributed by atoms with E-state index in [1.54, 1.807) is 12.1 Å². The van der Waals surface area contributed by atoms with Gasteiger partial charge in [-0.3, -0.25) is 0 Å². The van der Waals surface area contributed by atoms with Gasteiger partial charge in [0.15, 0.2) is 5.88 Å². The Hall–Kier alpha value is -3.17. The molecule has 1 heterocycles. The van der Waals surface area contributed by atoms with Gasteiger partial charge in [-0.05, 0) is 42.7 Å². The summed E-state index contributed by atoms with van der Waals surface area (Å²) in [5, 5.41) is 12.2. The second-order valence-corrected chi connectivity index (χ2v) is 10.6. The first-order valence-electron chi connectivity index (χ1n) is 11.2. The molecular weight excluding hydrogens is 484 g/mol. The Morgan fingerprint density at radius 1 is 1.11 bits per heavy atom. The fraction of sp³-hybridized carbons (Fsp3) is 0.192. The lowest BCUT2D eigenvalue weighted by molar-refractivity contribution is 0.457. The standard InChI is InChI=1S/C26H27ClN4O3S/c1-35(33,34)29-15-5-8-22(28)17-9-12-20(13-10-17)30-25(18-6-3-2-4-7-18)24-21-14-11-19(27)16-23(21)31-26(24)32/h2-4,6-7,9-14,16,22,29,31-32H,5,8,15,28H2,1H3. The number of aromatic hydroxyl groups is 1. The second-order valence-electron chi connectivity index (χ2n) is 8.37. The molecule has 5 N–H and O–H groups in total. The summed E-state index contributed by atoms with van der Waals surface area (Å²) in [6.45, 7) is 0.356. The van der Waals surface area contributed by atoms with Crippen LogP contribution in [0.15, 0.2) is 77.8 Å². The van der Waals surface area contributed by atoms with Crippen molar-refractivity contribution >= 4 is 43.9 Å². The molecule has 0 aliphatic heterocycles. The van der Waals surface area contributed by atoms with Crippen molar-refractivity contribution in [2.75, 3.05) is 12.8 Å². The average Bonchev–Trinajstić information content (AvgIpc) is 3.15. The molecular formula is C26H27ClN4O3S. The van der Waals surface area contributed by atoms with Crippen LogP contribution in [0.25, 0.3) is 10.9 Å². The molecule has 4 aromatic rings. The minimum absolute atomic E-state index is 0.0196. The van der Waals surface area contributed by atoms with Crippen LogP contribution < -0.4 is 10.5 Å². The maximum Gasteiger partial charge on any atom is 0.208 e. The molecule has 9 heteroatoms. The molecule has 0 saturated carbocycles. The van der Waals surface area contributed by atoms with Gasteiger partial charge in [0.25, 0.3) is 0 Å². The summed E-state index contributed by atoms with van der Waals surface area (Å²) >= 11 is 6.13. The number of aliphatic imine (C=N–C) groups is 1. The largest absolute Gasteiger partial charge is 0.494 e. The summed E-state index contributed by atoms with van der Waals surface area (Å²) < 4.78 is 24.9. The number of rotatable bonds is 9. The maximum absolute atomic E-state index is 11.2. The normalized spacial score (nSPS) is 13.3. The summed E-state index contributed by atoms with van der Waals surface area (Å²) in [5.74, 6) is 0.0196. The van der Waals surface area contributed by atoms with Crippen molar-refractivity contribution < 1.29 is 13.5 Å². The number of nitrogens with zero attached hydrogens (tertiary/aromatic N) is 1. The molecule has 0 fully saturated rings. The van der Waals surface area contributed by atoms with Gasteiger partial charge in [-0.15, -0.1) is 0 Å². The third kappa shape index (κ3) is 6.29. The van der Waals surface area contributed by atoms with Crippen LogP contribution >= 0.6 is 11.6 Å². The van der Waals surface area contributed by atoms with Crippen LogP contribution in [0.5, 0.6) is 5.88 Å². The number of hydrogen-bond acceptors (Lipinski definition) is 5. The first-order valence-corrected chi connectivity index (χ1v) is 13.4. The predicted molar refractivity (Wildman–Crippen MR) is 142 cm³/mol. The van der Waals surface area contributed by atoms with E-state index in [-0.39, 0.29) is 11.9 Å². The molecule has 182 valence electrons. The van der Waals surface area contributed by atoms with Crippen molar-refractivity contribution in [3.63, 3.8) is 0 Å². The summed E-state index contributed by atoms with van der Waals surface area (Å²) in [7, 11) is -3.20. The van der Waals surface area contributed by atoms with E-state index < -0.39 is 10.0 Å². The fourth-order valence-electron chi connectivity index (χ4n) is 3.93. The van der Waals surface area contributed by atoms with Crippen LogP contribution in [0.4, 0.5) is 5.69 Å². The molecule has 0 aliphatic rings. The number of H-pyrrole nitrogens is 1. The number of benzene rings is 3. The van der Waals surface area contributed by atoms with Crippen LogP contribution in [0.2, 0.25) is 5.02 Å². The smallest absolute Gasteiger partial charge is 0.208 e. The molecule has 3 aromatic carbocycles. The van der Waals surface area contributed by atoms with Crippen molar-refractivity contribution in [2.24, 2.45) is 10.7 Å². The van der Waals surface area contributed by atoms with E-state index in [4.69, 9.17) is 22.3 Å². The molecule has 0 bridgehead atoms. The Morgan fingerprint density at radius 3 is 2.51 bits per heavy atom. The molecule has 0 aliphatic carbocycles. The fourth-order valence-corrected chi connectivity index (χ4v) is 4.61. The van der Waals surface area contributed by atoms with Crippen LogP contribution in [0.3, 0.4) is 0 Å². The molecule has 0 radical (unpaired) electrons. The van der Waals surface area contributed by atoms with Crippen LogP contribution in [0.1, 0.15) is 35.6 Å². The van der Waals surface area contributed by atoms with Crippen LogP contribution in [-0.4, -0.2) is 37.0 Å². The van der Waals surface area contributed by atoms with E-state index in [1.165, 1.54) is 0 Å². The van der Waals surface area contributed by atoms with Gasteiger partial charge >= 0.3 is 0 Å². The van der Waals surface area contributed by atoms with E-state index in [2.05, 4.69) is 9.71 Å². The van der Waals surface area contributed by atoms with Gasteiger partial charge < -0.3 is 15.8 Å². The highest BCUT2D eigenvalue weighted by Crippen LogP contribution is 2.33. The zero-order valence-electron chi connectivity index (χ0n) is 19.2. The van der Waals surface area contributed by atoms with Gasteiger partial charge in [-0.2, -0.15) is 0 Å².